The number of benzene rings is 1. The molecular formula is C13H18ClF3N2. The molecule has 0 heterocycles. The maximum absolute atomic E-state index is 12.6. The molecule has 0 saturated carbocycles. The van der Waals surface area contributed by atoms with E-state index in [2.05, 4.69) is 0 Å². The number of halogens is 4. The van der Waals surface area contributed by atoms with Crippen LogP contribution in [0.2, 0.25) is 5.02 Å². The Labute approximate surface area is 116 Å². The summed E-state index contributed by atoms with van der Waals surface area (Å²) in [6.07, 6.45) is -3.74. The van der Waals surface area contributed by atoms with Crippen molar-refractivity contribution in [2.24, 2.45) is 5.73 Å². The number of hydrogen-bond donors (Lipinski definition) is 1. The van der Waals surface area contributed by atoms with Gasteiger partial charge in [0.05, 0.1) is 0 Å². The van der Waals surface area contributed by atoms with Crippen molar-refractivity contribution in [1.29, 1.82) is 0 Å². The Kier molecular flexibility index (Phi) is 5.50. The van der Waals surface area contributed by atoms with E-state index in [1.54, 1.807) is 25.1 Å². The van der Waals surface area contributed by atoms with Crippen molar-refractivity contribution in [1.82, 2.24) is 0 Å². The second-order valence-corrected chi connectivity index (χ2v) is 5.02. The second kappa shape index (κ2) is 6.48. The highest BCUT2D eigenvalue weighted by molar-refractivity contribution is 6.30. The third-order valence-corrected chi connectivity index (χ3v) is 2.91. The molecule has 0 fully saturated rings. The monoisotopic (exact) mass is 294 g/mol. The molecule has 0 spiro atoms. The molecule has 1 atom stereocenters. The van der Waals surface area contributed by atoms with Gasteiger partial charge >= 0.3 is 6.18 Å². The summed E-state index contributed by atoms with van der Waals surface area (Å²) in [7, 11) is 0. The van der Waals surface area contributed by atoms with Crippen LogP contribution in [0.25, 0.3) is 0 Å². The molecule has 0 bridgehead atoms. The molecule has 0 aromatic heterocycles. The van der Waals surface area contributed by atoms with Crippen LogP contribution in [0.15, 0.2) is 18.2 Å². The molecule has 0 aliphatic rings. The van der Waals surface area contributed by atoms with Crippen LogP contribution in [0.3, 0.4) is 0 Å². The van der Waals surface area contributed by atoms with Gasteiger partial charge < -0.3 is 10.6 Å². The minimum atomic E-state index is -4.23. The zero-order chi connectivity index (χ0) is 14.6. The van der Waals surface area contributed by atoms with Crippen LogP contribution in [0, 0.1) is 0 Å². The average Bonchev–Trinajstić information content (AvgIpc) is 2.24. The number of nitrogens with two attached hydrogens (primary N) is 1. The molecule has 0 amide bonds. The number of nitrogens with zero attached hydrogens (tertiary/aromatic N) is 1. The molecule has 19 heavy (non-hydrogen) atoms. The van der Waals surface area contributed by atoms with Crippen LogP contribution >= 0.6 is 11.6 Å². The van der Waals surface area contributed by atoms with Crippen molar-refractivity contribution in [3.05, 3.63) is 28.8 Å². The summed E-state index contributed by atoms with van der Waals surface area (Å²) in [5.74, 6) is 0. The predicted octanol–water partition coefficient (Wildman–Crippen LogP) is 3.62. The molecule has 108 valence electrons. The van der Waals surface area contributed by atoms with Gasteiger partial charge in [-0.15, -0.1) is 0 Å². The summed E-state index contributed by atoms with van der Waals surface area (Å²) >= 11 is 5.90. The van der Waals surface area contributed by atoms with Gasteiger partial charge in [-0.1, -0.05) is 11.6 Å². The molecule has 6 heteroatoms. The molecule has 1 unspecified atom stereocenters. The first-order chi connectivity index (χ1) is 8.73. The normalized spacial score (nSPS) is 13.4. The van der Waals surface area contributed by atoms with E-state index in [0.717, 1.165) is 5.56 Å². The third kappa shape index (κ3) is 5.28. The van der Waals surface area contributed by atoms with Gasteiger partial charge in [0, 0.05) is 23.3 Å². The van der Waals surface area contributed by atoms with E-state index in [4.69, 9.17) is 17.3 Å². The van der Waals surface area contributed by atoms with Crippen LogP contribution in [-0.2, 0) is 6.42 Å². The molecule has 1 aromatic carbocycles. The Hall–Kier alpha value is -0.940. The number of hydrogen-bond acceptors (Lipinski definition) is 2. The molecule has 2 N–H and O–H groups in total. The maximum atomic E-state index is 12.6. The topological polar surface area (TPSA) is 29.3 Å². The molecule has 0 aliphatic carbocycles. The lowest BCUT2D eigenvalue weighted by atomic mass is 10.0. The van der Waals surface area contributed by atoms with E-state index in [1.165, 1.54) is 4.90 Å². The highest BCUT2D eigenvalue weighted by Gasteiger charge is 2.31. The first-order valence-electron chi connectivity index (χ1n) is 6.08. The van der Waals surface area contributed by atoms with E-state index in [9.17, 15) is 13.2 Å². The van der Waals surface area contributed by atoms with Crippen LogP contribution in [-0.4, -0.2) is 25.3 Å². The highest BCUT2D eigenvalue weighted by atomic mass is 35.5. The van der Waals surface area contributed by atoms with Crippen molar-refractivity contribution in [3.8, 4) is 0 Å². The van der Waals surface area contributed by atoms with Gasteiger partial charge in [0.25, 0.3) is 0 Å². The smallest absolute Gasteiger partial charge is 0.363 e. The molecule has 1 aromatic rings. The predicted molar refractivity (Wildman–Crippen MR) is 72.7 cm³/mol. The van der Waals surface area contributed by atoms with Crippen molar-refractivity contribution >= 4 is 17.3 Å². The van der Waals surface area contributed by atoms with Gasteiger partial charge in [0.15, 0.2) is 0 Å². The Morgan fingerprint density at radius 1 is 1.37 bits per heavy atom. The largest absolute Gasteiger partial charge is 0.405 e. The van der Waals surface area contributed by atoms with Gasteiger partial charge in [-0.05, 0) is 44.0 Å². The molecule has 1 rings (SSSR count). The first kappa shape index (κ1) is 16.1. The molecule has 2 nitrogen and oxygen atoms in total. The average molecular weight is 295 g/mol. The van der Waals surface area contributed by atoms with E-state index >= 15 is 0 Å². The lowest BCUT2D eigenvalue weighted by Gasteiger charge is -2.27. The van der Waals surface area contributed by atoms with Crippen molar-refractivity contribution < 1.29 is 13.2 Å². The quantitative estimate of drug-likeness (QED) is 0.899. The molecule has 0 saturated heterocycles. The number of rotatable bonds is 5. The lowest BCUT2D eigenvalue weighted by molar-refractivity contribution is -0.119. The van der Waals surface area contributed by atoms with Crippen LogP contribution in [0.5, 0.6) is 0 Å². The fraction of sp³-hybridized carbons (Fsp3) is 0.538. The minimum Gasteiger partial charge on any atom is -0.363 e. The van der Waals surface area contributed by atoms with Crippen molar-refractivity contribution in [3.63, 3.8) is 0 Å². The summed E-state index contributed by atoms with van der Waals surface area (Å²) in [6.45, 7) is 2.80. The van der Waals surface area contributed by atoms with Gasteiger partial charge in [0.1, 0.15) is 6.54 Å². The van der Waals surface area contributed by atoms with Crippen molar-refractivity contribution in [2.75, 3.05) is 18.0 Å². The van der Waals surface area contributed by atoms with Crippen molar-refractivity contribution in [2.45, 2.75) is 32.5 Å². The fourth-order valence-electron chi connectivity index (χ4n) is 1.96. The van der Waals surface area contributed by atoms with Gasteiger partial charge in [-0.25, -0.2) is 0 Å². The number of alkyl halides is 3. The Balaban J connectivity index is 3.08. The van der Waals surface area contributed by atoms with Crippen LogP contribution in [0.4, 0.5) is 18.9 Å². The standard InChI is InChI=1S/C13H18ClF3N2/c1-3-19(8-13(15,16)17)12-5-4-11(14)7-10(12)6-9(2)18/h4-5,7,9H,3,6,8,18H2,1-2H3. The second-order valence-electron chi connectivity index (χ2n) is 4.58. The summed E-state index contributed by atoms with van der Waals surface area (Å²) in [4.78, 5) is 1.29. The molecule has 0 aliphatic heterocycles. The summed E-state index contributed by atoms with van der Waals surface area (Å²) in [5.41, 5.74) is 7.02. The van der Waals surface area contributed by atoms with Crippen LogP contribution in [0.1, 0.15) is 19.4 Å². The summed E-state index contributed by atoms with van der Waals surface area (Å²) < 4.78 is 37.7. The first-order valence-corrected chi connectivity index (χ1v) is 6.46. The Morgan fingerprint density at radius 2 is 2.00 bits per heavy atom. The van der Waals surface area contributed by atoms with E-state index < -0.39 is 12.7 Å². The zero-order valence-electron chi connectivity index (χ0n) is 11.0. The minimum absolute atomic E-state index is 0.137. The SMILES string of the molecule is CCN(CC(F)(F)F)c1ccc(Cl)cc1CC(C)N. The zero-order valence-corrected chi connectivity index (χ0v) is 11.7. The van der Waals surface area contributed by atoms with E-state index in [-0.39, 0.29) is 12.6 Å². The van der Waals surface area contributed by atoms with Gasteiger partial charge in [0.2, 0.25) is 0 Å². The summed E-state index contributed by atoms with van der Waals surface area (Å²) in [5, 5.41) is 0.502. The summed E-state index contributed by atoms with van der Waals surface area (Å²) in [6, 6.07) is 4.76. The lowest BCUT2D eigenvalue weighted by Crippen LogP contribution is -2.35. The van der Waals surface area contributed by atoms with E-state index in [0.29, 0.717) is 17.1 Å². The van der Waals surface area contributed by atoms with Crippen LogP contribution < -0.4 is 10.6 Å². The van der Waals surface area contributed by atoms with Gasteiger partial charge in [-0.3, -0.25) is 0 Å². The van der Waals surface area contributed by atoms with E-state index in [1.807, 2.05) is 6.92 Å². The molecule has 0 radical (unpaired) electrons. The Morgan fingerprint density at radius 3 is 2.47 bits per heavy atom. The molecular weight excluding hydrogens is 277 g/mol. The highest BCUT2D eigenvalue weighted by Crippen LogP contribution is 2.28. The Bertz CT molecular complexity index is 419. The van der Waals surface area contributed by atoms with Gasteiger partial charge in [-0.2, -0.15) is 13.2 Å². The fourth-order valence-corrected chi connectivity index (χ4v) is 2.15. The number of anilines is 1. The third-order valence-electron chi connectivity index (χ3n) is 2.68. The maximum Gasteiger partial charge on any atom is 0.405 e.